The van der Waals surface area contributed by atoms with Crippen LogP contribution in [0.1, 0.15) is 28.4 Å². The van der Waals surface area contributed by atoms with Crippen LogP contribution in [-0.4, -0.2) is 44.3 Å². The van der Waals surface area contributed by atoms with Crippen molar-refractivity contribution in [3.8, 4) is 5.75 Å². The normalized spacial score (nSPS) is 15.0. The van der Waals surface area contributed by atoms with Gasteiger partial charge in [-0.15, -0.1) is 0 Å². The third-order valence-electron chi connectivity index (χ3n) is 5.82. The van der Waals surface area contributed by atoms with E-state index in [0.29, 0.717) is 42.1 Å². The molecule has 35 heavy (non-hydrogen) atoms. The van der Waals surface area contributed by atoms with Crippen LogP contribution in [0.4, 0.5) is 10.5 Å². The quantitative estimate of drug-likeness (QED) is 0.539. The Morgan fingerprint density at radius 3 is 2.46 bits per heavy atom. The summed E-state index contributed by atoms with van der Waals surface area (Å²) in [7, 11) is -4.11. The van der Waals surface area contributed by atoms with E-state index in [9.17, 15) is 18.0 Å². The number of rotatable bonds is 5. The third kappa shape index (κ3) is 4.15. The molecule has 0 fully saturated rings. The standard InChI is InChI=1S/C26H21N3O5S/c1-2-34-20-10-8-18(9-11-20)25(30)29-15-14-19-16-21(12-13-22(19)29)35(32,33)24-23(27-26(31)28-24)17-6-4-3-5-7-17/h3-13,16H,2,14-15H2,1H3. The van der Waals surface area contributed by atoms with Crippen molar-refractivity contribution in [3.63, 3.8) is 0 Å². The first-order valence-electron chi connectivity index (χ1n) is 11.1. The van der Waals surface area contributed by atoms with Gasteiger partial charge in [0.15, 0.2) is 5.04 Å². The summed E-state index contributed by atoms with van der Waals surface area (Å²) < 4.78 is 32.3. The van der Waals surface area contributed by atoms with Crippen molar-refractivity contribution >= 4 is 38.2 Å². The van der Waals surface area contributed by atoms with Crippen molar-refractivity contribution in [1.29, 1.82) is 0 Å². The SMILES string of the molecule is CCOc1ccc(C(=O)N2CCc3cc(S(=O)(=O)C4=NC(=O)N=C4c4ccccc4)ccc32)cc1. The summed E-state index contributed by atoms with van der Waals surface area (Å²) in [5.74, 6) is 0.513. The number of nitrogens with zero attached hydrogens (tertiary/aromatic N) is 3. The van der Waals surface area contributed by atoms with Crippen molar-refractivity contribution in [2.75, 3.05) is 18.1 Å². The number of sulfone groups is 1. The summed E-state index contributed by atoms with van der Waals surface area (Å²) in [5.41, 5.74) is 2.43. The van der Waals surface area contributed by atoms with E-state index in [1.54, 1.807) is 71.6 Å². The lowest BCUT2D eigenvalue weighted by Crippen LogP contribution is -2.28. The zero-order valence-corrected chi connectivity index (χ0v) is 19.7. The van der Waals surface area contributed by atoms with E-state index in [1.165, 1.54) is 6.07 Å². The highest BCUT2D eigenvalue weighted by Gasteiger charge is 2.35. The van der Waals surface area contributed by atoms with Crippen LogP contribution in [0.15, 0.2) is 87.7 Å². The molecule has 2 aliphatic rings. The maximum absolute atomic E-state index is 13.4. The first-order chi connectivity index (χ1) is 16.9. The minimum atomic E-state index is -4.11. The Bertz CT molecular complexity index is 1490. The number of hydrogen-bond acceptors (Lipinski definition) is 5. The topological polar surface area (TPSA) is 105 Å². The number of ether oxygens (including phenoxy) is 1. The average Bonchev–Trinajstić information content (AvgIpc) is 3.48. The van der Waals surface area contributed by atoms with Gasteiger partial charge in [0.25, 0.3) is 5.91 Å². The van der Waals surface area contributed by atoms with Crippen LogP contribution >= 0.6 is 0 Å². The fraction of sp³-hybridized carbons (Fsp3) is 0.154. The highest BCUT2D eigenvalue weighted by atomic mass is 32.2. The van der Waals surface area contributed by atoms with Gasteiger partial charge in [0.1, 0.15) is 11.5 Å². The molecule has 3 aromatic carbocycles. The van der Waals surface area contributed by atoms with E-state index in [-0.39, 0.29) is 21.6 Å². The van der Waals surface area contributed by atoms with E-state index < -0.39 is 15.9 Å². The van der Waals surface area contributed by atoms with Gasteiger partial charge in [-0.25, -0.2) is 13.2 Å². The lowest BCUT2D eigenvalue weighted by molar-refractivity contribution is 0.0989. The summed E-state index contributed by atoms with van der Waals surface area (Å²) >= 11 is 0. The number of carbonyl (C=O) groups excluding carboxylic acids is 2. The molecule has 0 bridgehead atoms. The third-order valence-corrected chi connectivity index (χ3v) is 7.49. The molecule has 8 nitrogen and oxygen atoms in total. The zero-order valence-electron chi connectivity index (χ0n) is 18.8. The van der Waals surface area contributed by atoms with E-state index in [4.69, 9.17) is 4.74 Å². The Labute approximate surface area is 202 Å². The Morgan fingerprint density at radius 2 is 1.74 bits per heavy atom. The maximum Gasteiger partial charge on any atom is 0.369 e. The number of anilines is 1. The Balaban J connectivity index is 1.43. The molecule has 176 valence electrons. The van der Waals surface area contributed by atoms with Crippen molar-refractivity contribution < 1.29 is 22.7 Å². The molecule has 0 radical (unpaired) electrons. The molecule has 0 aromatic heterocycles. The number of benzene rings is 3. The zero-order chi connectivity index (χ0) is 24.6. The van der Waals surface area contributed by atoms with Crippen molar-refractivity contribution in [1.82, 2.24) is 0 Å². The molecule has 0 spiro atoms. The van der Waals surface area contributed by atoms with Gasteiger partial charge in [-0.05, 0) is 61.4 Å². The van der Waals surface area contributed by atoms with Gasteiger partial charge in [-0.2, -0.15) is 9.98 Å². The number of hydrogen-bond donors (Lipinski definition) is 0. The monoisotopic (exact) mass is 487 g/mol. The summed E-state index contributed by atoms with van der Waals surface area (Å²) in [4.78, 5) is 34.2. The highest BCUT2D eigenvalue weighted by Crippen LogP contribution is 2.33. The van der Waals surface area contributed by atoms with Gasteiger partial charge in [-0.1, -0.05) is 30.3 Å². The van der Waals surface area contributed by atoms with Crippen LogP contribution < -0.4 is 9.64 Å². The smallest absolute Gasteiger partial charge is 0.369 e. The van der Waals surface area contributed by atoms with Crippen molar-refractivity contribution in [2.45, 2.75) is 18.2 Å². The molecule has 0 N–H and O–H groups in total. The molecule has 3 aromatic rings. The van der Waals surface area contributed by atoms with Crippen LogP contribution in [0.5, 0.6) is 5.75 Å². The highest BCUT2D eigenvalue weighted by molar-refractivity contribution is 8.08. The average molecular weight is 488 g/mol. The summed E-state index contributed by atoms with van der Waals surface area (Å²) in [6.07, 6.45) is 0.506. The number of carbonyl (C=O) groups is 2. The van der Waals surface area contributed by atoms with E-state index >= 15 is 0 Å². The van der Waals surface area contributed by atoms with Crippen LogP contribution in [0.3, 0.4) is 0 Å². The molecular formula is C26H21N3O5S. The molecular weight excluding hydrogens is 466 g/mol. The largest absolute Gasteiger partial charge is 0.494 e. The molecule has 0 saturated carbocycles. The molecule has 5 rings (SSSR count). The molecule has 3 amide bonds. The number of fused-ring (bicyclic) bond motifs is 1. The first-order valence-corrected chi connectivity index (χ1v) is 12.6. The molecule has 2 aliphatic heterocycles. The lowest BCUT2D eigenvalue weighted by Gasteiger charge is -2.18. The van der Waals surface area contributed by atoms with Crippen molar-refractivity contribution in [3.05, 3.63) is 89.5 Å². The van der Waals surface area contributed by atoms with Gasteiger partial charge < -0.3 is 9.64 Å². The predicted molar refractivity (Wildman–Crippen MR) is 132 cm³/mol. The Morgan fingerprint density at radius 1 is 1.00 bits per heavy atom. The van der Waals surface area contributed by atoms with Crippen LogP contribution in [0.25, 0.3) is 0 Å². The summed E-state index contributed by atoms with van der Waals surface area (Å²) in [5, 5.41) is -0.367. The second-order valence-corrected chi connectivity index (χ2v) is 9.85. The molecule has 2 heterocycles. The lowest BCUT2D eigenvalue weighted by atomic mass is 10.1. The van der Waals surface area contributed by atoms with Gasteiger partial charge in [0.05, 0.1) is 11.5 Å². The molecule has 0 saturated heterocycles. The van der Waals surface area contributed by atoms with Crippen molar-refractivity contribution in [2.24, 2.45) is 9.98 Å². The number of urea groups is 1. The molecule has 9 heteroatoms. The first kappa shape index (κ1) is 22.7. The minimum Gasteiger partial charge on any atom is -0.494 e. The van der Waals surface area contributed by atoms with Gasteiger partial charge in [-0.3, -0.25) is 4.79 Å². The number of aliphatic imine (C=N–C) groups is 2. The van der Waals surface area contributed by atoms with Gasteiger partial charge >= 0.3 is 6.03 Å². The summed E-state index contributed by atoms with van der Waals surface area (Å²) in [6, 6.07) is 19.3. The fourth-order valence-corrected chi connectivity index (χ4v) is 5.55. The van der Waals surface area contributed by atoms with E-state index in [2.05, 4.69) is 9.98 Å². The second kappa shape index (κ2) is 8.92. The predicted octanol–water partition coefficient (Wildman–Crippen LogP) is 4.08. The molecule has 0 atom stereocenters. The van der Waals surface area contributed by atoms with Gasteiger partial charge in [0, 0.05) is 23.4 Å². The minimum absolute atomic E-state index is 0.00342. The van der Waals surface area contributed by atoms with Gasteiger partial charge in [0.2, 0.25) is 9.84 Å². The van der Waals surface area contributed by atoms with E-state index in [1.807, 2.05) is 6.92 Å². The summed E-state index contributed by atoms with van der Waals surface area (Å²) in [6.45, 7) is 2.86. The molecule has 0 aliphatic carbocycles. The fourth-order valence-electron chi connectivity index (χ4n) is 4.16. The van der Waals surface area contributed by atoms with E-state index in [0.717, 1.165) is 5.56 Å². The molecule has 0 unspecified atom stereocenters. The maximum atomic E-state index is 13.4. The Hall–Kier alpha value is -4.11. The van der Waals surface area contributed by atoms with Crippen LogP contribution in [0, 0.1) is 0 Å². The van der Waals surface area contributed by atoms with Crippen LogP contribution in [-0.2, 0) is 16.3 Å². The second-order valence-electron chi connectivity index (χ2n) is 7.98. The Kier molecular flexibility index (Phi) is 5.78. The van der Waals surface area contributed by atoms with Crippen LogP contribution in [0.2, 0.25) is 0 Å². The number of amides is 3.